The molecule has 130 valence electrons. The Labute approximate surface area is 136 Å². The number of nitrogens with one attached hydrogen (secondary N) is 1. The van der Waals surface area contributed by atoms with Crippen molar-refractivity contribution in [3.05, 3.63) is 23.3 Å². The molecule has 0 saturated heterocycles. The van der Waals surface area contributed by atoms with Gasteiger partial charge in [0.05, 0.1) is 5.92 Å². The Morgan fingerprint density at radius 3 is 2.67 bits per heavy atom. The molecule has 6 nitrogen and oxygen atoms in total. The molecule has 2 atom stereocenters. The number of halogens is 3. The van der Waals surface area contributed by atoms with E-state index in [9.17, 15) is 18.0 Å². The molecule has 2 aromatic rings. The zero-order chi connectivity index (χ0) is 17.5. The molecule has 0 unspecified atom stereocenters. The average Bonchev–Trinajstić information content (AvgIpc) is 2.91. The molecule has 3 rings (SSSR count). The third-order valence-corrected chi connectivity index (χ3v) is 4.32. The van der Waals surface area contributed by atoms with E-state index in [1.807, 2.05) is 0 Å². The maximum absolute atomic E-state index is 13.1. The van der Waals surface area contributed by atoms with Gasteiger partial charge in [-0.3, -0.25) is 4.79 Å². The summed E-state index contributed by atoms with van der Waals surface area (Å²) < 4.78 is 40.7. The van der Waals surface area contributed by atoms with Gasteiger partial charge in [0, 0.05) is 17.4 Å². The Morgan fingerprint density at radius 1 is 1.25 bits per heavy atom. The predicted octanol–water partition coefficient (Wildman–Crippen LogP) is 2.59. The molecule has 1 aliphatic carbocycles. The first-order valence-electron chi connectivity index (χ1n) is 7.84. The zero-order valence-electron chi connectivity index (χ0n) is 13.4. The molecule has 9 heteroatoms. The van der Waals surface area contributed by atoms with Gasteiger partial charge >= 0.3 is 6.18 Å². The first-order valence-corrected chi connectivity index (χ1v) is 7.84. The summed E-state index contributed by atoms with van der Waals surface area (Å²) in [4.78, 5) is 20.5. The molecule has 0 aromatic carbocycles. The van der Waals surface area contributed by atoms with E-state index in [0.717, 1.165) is 11.4 Å². The number of hydrogen-bond acceptors (Lipinski definition) is 4. The number of amides is 1. The van der Waals surface area contributed by atoms with Gasteiger partial charge in [-0.1, -0.05) is 12.8 Å². The van der Waals surface area contributed by atoms with E-state index in [0.29, 0.717) is 19.3 Å². The topological polar surface area (TPSA) is 72.2 Å². The smallest absolute Gasteiger partial charge is 0.346 e. The SMILES string of the molecule is Cc1cc(C)n2nc(C(=O)N[C@H]3CCCC[C@@H]3C(F)(F)F)nc2n1. The van der Waals surface area contributed by atoms with E-state index in [4.69, 9.17) is 0 Å². The summed E-state index contributed by atoms with van der Waals surface area (Å²) in [5, 5.41) is 6.52. The molecule has 2 aromatic heterocycles. The van der Waals surface area contributed by atoms with Crippen LogP contribution in [0.5, 0.6) is 0 Å². The lowest BCUT2D eigenvalue weighted by atomic mass is 9.84. The molecular formula is C15H18F3N5O. The Balaban J connectivity index is 1.82. The van der Waals surface area contributed by atoms with Crippen LogP contribution >= 0.6 is 0 Å². The molecule has 1 saturated carbocycles. The van der Waals surface area contributed by atoms with E-state index in [1.165, 1.54) is 4.52 Å². The van der Waals surface area contributed by atoms with Crippen LogP contribution in [-0.4, -0.2) is 37.7 Å². The summed E-state index contributed by atoms with van der Waals surface area (Å²) in [6.07, 6.45) is -2.80. The minimum Gasteiger partial charge on any atom is -0.346 e. The highest BCUT2D eigenvalue weighted by atomic mass is 19.4. The average molecular weight is 341 g/mol. The molecule has 0 aliphatic heterocycles. The highest BCUT2D eigenvalue weighted by molar-refractivity contribution is 5.91. The van der Waals surface area contributed by atoms with Crippen LogP contribution in [0.3, 0.4) is 0 Å². The van der Waals surface area contributed by atoms with Crippen molar-refractivity contribution >= 4 is 11.7 Å². The summed E-state index contributed by atoms with van der Waals surface area (Å²) in [6, 6.07) is 0.845. The highest BCUT2D eigenvalue weighted by Crippen LogP contribution is 2.37. The number of alkyl halides is 3. The molecular weight excluding hydrogens is 323 g/mol. The van der Waals surface area contributed by atoms with Crippen molar-refractivity contribution in [3.63, 3.8) is 0 Å². The van der Waals surface area contributed by atoms with E-state index in [1.54, 1.807) is 19.9 Å². The Hall–Kier alpha value is -2.19. The Morgan fingerprint density at radius 2 is 1.96 bits per heavy atom. The Kier molecular flexibility index (Phi) is 4.18. The van der Waals surface area contributed by atoms with Crippen molar-refractivity contribution in [2.75, 3.05) is 0 Å². The van der Waals surface area contributed by atoms with Crippen LogP contribution in [0.2, 0.25) is 0 Å². The van der Waals surface area contributed by atoms with Crippen molar-refractivity contribution < 1.29 is 18.0 Å². The molecule has 2 heterocycles. The number of aryl methyl sites for hydroxylation is 2. The molecule has 1 aliphatic rings. The van der Waals surface area contributed by atoms with Crippen LogP contribution in [0.25, 0.3) is 5.78 Å². The lowest BCUT2D eigenvalue weighted by molar-refractivity contribution is -0.187. The quantitative estimate of drug-likeness (QED) is 0.911. The van der Waals surface area contributed by atoms with E-state index >= 15 is 0 Å². The summed E-state index contributed by atoms with van der Waals surface area (Å²) in [6.45, 7) is 3.58. The van der Waals surface area contributed by atoms with Gasteiger partial charge in [-0.15, -0.1) is 5.10 Å². The number of aromatic nitrogens is 4. The van der Waals surface area contributed by atoms with Crippen molar-refractivity contribution in [2.45, 2.75) is 51.7 Å². The van der Waals surface area contributed by atoms with E-state index < -0.39 is 24.0 Å². The first kappa shape index (κ1) is 16.7. The fourth-order valence-corrected chi connectivity index (χ4v) is 3.19. The van der Waals surface area contributed by atoms with Gasteiger partial charge in [-0.2, -0.15) is 18.2 Å². The van der Waals surface area contributed by atoms with Crippen LogP contribution < -0.4 is 5.32 Å². The van der Waals surface area contributed by atoms with Gasteiger partial charge in [-0.25, -0.2) is 9.50 Å². The van der Waals surface area contributed by atoms with Crippen molar-refractivity contribution in [2.24, 2.45) is 5.92 Å². The fraction of sp³-hybridized carbons (Fsp3) is 0.600. The number of hydrogen-bond donors (Lipinski definition) is 1. The second-order valence-corrected chi connectivity index (χ2v) is 6.20. The van der Waals surface area contributed by atoms with Crippen molar-refractivity contribution in [1.29, 1.82) is 0 Å². The maximum atomic E-state index is 13.1. The van der Waals surface area contributed by atoms with Gasteiger partial charge in [0.25, 0.3) is 11.7 Å². The minimum absolute atomic E-state index is 0.0346. The summed E-state index contributed by atoms with van der Waals surface area (Å²) >= 11 is 0. The fourth-order valence-electron chi connectivity index (χ4n) is 3.19. The molecule has 1 fully saturated rings. The molecule has 24 heavy (non-hydrogen) atoms. The van der Waals surface area contributed by atoms with E-state index in [2.05, 4.69) is 20.4 Å². The second-order valence-electron chi connectivity index (χ2n) is 6.20. The van der Waals surface area contributed by atoms with Gasteiger partial charge in [0.15, 0.2) is 0 Å². The van der Waals surface area contributed by atoms with Gasteiger partial charge in [0.1, 0.15) is 0 Å². The minimum atomic E-state index is -4.32. The molecule has 1 amide bonds. The van der Waals surface area contributed by atoms with Crippen LogP contribution in [0.4, 0.5) is 13.2 Å². The highest BCUT2D eigenvalue weighted by Gasteiger charge is 2.46. The van der Waals surface area contributed by atoms with Crippen molar-refractivity contribution in [1.82, 2.24) is 24.9 Å². The number of carbonyl (C=O) groups excluding carboxylic acids is 1. The van der Waals surface area contributed by atoms with E-state index in [-0.39, 0.29) is 18.0 Å². The number of fused-ring (bicyclic) bond motifs is 1. The standard InChI is InChI=1S/C15H18F3N5O/c1-8-7-9(2)23-14(19-8)21-12(22-23)13(24)20-11-6-4-3-5-10(11)15(16,17)18/h7,10-11H,3-6H2,1-2H3,(H,20,24)/t10-,11-/m0/s1. The summed E-state index contributed by atoms with van der Waals surface area (Å²) in [7, 11) is 0. The monoisotopic (exact) mass is 341 g/mol. The number of carbonyl (C=O) groups is 1. The number of rotatable bonds is 2. The van der Waals surface area contributed by atoms with Gasteiger partial charge in [0.2, 0.25) is 5.82 Å². The van der Waals surface area contributed by atoms with Gasteiger partial charge in [-0.05, 0) is 32.8 Å². The second kappa shape index (κ2) is 6.03. The van der Waals surface area contributed by atoms with Crippen LogP contribution in [-0.2, 0) is 0 Å². The third-order valence-electron chi connectivity index (χ3n) is 4.32. The normalized spacial score (nSPS) is 21.9. The summed E-state index contributed by atoms with van der Waals surface area (Å²) in [5.41, 5.74) is 1.47. The maximum Gasteiger partial charge on any atom is 0.393 e. The lowest BCUT2D eigenvalue weighted by Gasteiger charge is -2.33. The number of nitrogens with zero attached hydrogens (tertiary/aromatic N) is 4. The van der Waals surface area contributed by atoms with Crippen LogP contribution in [0, 0.1) is 19.8 Å². The molecule has 0 spiro atoms. The largest absolute Gasteiger partial charge is 0.393 e. The predicted molar refractivity (Wildman–Crippen MR) is 79.5 cm³/mol. The zero-order valence-corrected chi connectivity index (χ0v) is 13.4. The van der Waals surface area contributed by atoms with Crippen LogP contribution in [0.1, 0.15) is 47.7 Å². The first-order chi connectivity index (χ1) is 11.3. The van der Waals surface area contributed by atoms with Crippen molar-refractivity contribution in [3.8, 4) is 0 Å². The molecule has 0 radical (unpaired) electrons. The summed E-state index contributed by atoms with van der Waals surface area (Å²) in [5.74, 6) is -2.12. The van der Waals surface area contributed by atoms with Crippen LogP contribution in [0.15, 0.2) is 6.07 Å². The molecule has 0 bridgehead atoms. The Bertz CT molecular complexity index is 770. The lowest BCUT2D eigenvalue weighted by Crippen LogP contribution is -2.47. The third kappa shape index (κ3) is 3.20. The van der Waals surface area contributed by atoms with Gasteiger partial charge < -0.3 is 5.32 Å². The molecule has 1 N–H and O–H groups in total.